The summed E-state index contributed by atoms with van der Waals surface area (Å²) >= 11 is 0. The minimum atomic E-state index is 0.408. The zero-order valence-electron chi connectivity index (χ0n) is 8.55. The zero-order valence-corrected chi connectivity index (χ0v) is 8.55. The molecular formula is C11H19NO. The van der Waals surface area contributed by atoms with E-state index >= 15 is 0 Å². The topological polar surface area (TPSA) is 21.3 Å². The van der Waals surface area contributed by atoms with Gasteiger partial charge in [-0.2, -0.15) is 0 Å². The van der Waals surface area contributed by atoms with Gasteiger partial charge < -0.3 is 10.1 Å². The van der Waals surface area contributed by atoms with Gasteiger partial charge in [0, 0.05) is 25.6 Å². The molecule has 2 nitrogen and oxygen atoms in total. The van der Waals surface area contributed by atoms with Crippen LogP contribution in [-0.2, 0) is 4.74 Å². The van der Waals surface area contributed by atoms with E-state index < -0.39 is 0 Å². The first-order chi connectivity index (χ1) is 6.27. The molecule has 74 valence electrons. The average Bonchev–Trinajstić information content (AvgIpc) is 2.86. The number of hydrogen-bond donors (Lipinski definition) is 1. The number of ether oxygens (including phenoxy) is 1. The minimum absolute atomic E-state index is 0.408. The second-order valence-corrected chi connectivity index (χ2v) is 3.88. The smallest absolute Gasteiger partial charge is 0.0618 e. The van der Waals surface area contributed by atoms with Gasteiger partial charge in [-0.25, -0.2) is 0 Å². The van der Waals surface area contributed by atoms with E-state index in [1.807, 2.05) is 0 Å². The van der Waals surface area contributed by atoms with Crippen molar-refractivity contribution in [2.75, 3.05) is 13.7 Å². The first-order valence-electron chi connectivity index (χ1n) is 4.96. The van der Waals surface area contributed by atoms with E-state index in [4.69, 9.17) is 11.2 Å². The number of terminal acetylenes is 1. The highest BCUT2D eigenvalue weighted by Gasteiger charge is 2.31. The van der Waals surface area contributed by atoms with Crippen molar-refractivity contribution in [1.29, 1.82) is 0 Å². The van der Waals surface area contributed by atoms with Crippen molar-refractivity contribution < 1.29 is 4.74 Å². The third-order valence-corrected chi connectivity index (χ3v) is 2.46. The largest absolute Gasteiger partial charge is 0.383 e. The lowest BCUT2D eigenvalue weighted by Crippen LogP contribution is -2.40. The van der Waals surface area contributed by atoms with E-state index in [0.29, 0.717) is 12.1 Å². The summed E-state index contributed by atoms with van der Waals surface area (Å²) in [5, 5.41) is 3.51. The van der Waals surface area contributed by atoms with Gasteiger partial charge in [0.1, 0.15) is 0 Å². The van der Waals surface area contributed by atoms with Crippen LogP contribution in [0.1, 0.15) is 26.2 Å². The second kappa shape index (κ2) is 5.26. The molecule has 1 N–H and O–H groups in total. The third kappa shape index (κ3) is 3.80. The molecule has 0 bridgehead atoms. The predicted octanol–water partition coefficient (Wildman–Crippen LogP) is 1.41. The van der Waals surface area contributed by atoms with Crippen molar-refractivity contribution in [2.45, 2.75) is 38.3 Å². The molecule has 0 radical (unpaired) electrons. The van der Waals surface area contributed by atoms with Gasteiger partial charge in [0.2, 0.25) is 0 Å². The lowest BCUT2D eigenvalue weighted by Gasteiger charge is -2.21. The lowest BCUT2D eigenvalue weighted by molar-refractivity contribution is 0.152. The molecule has 1 rings (SSSR count). The number of rotatable bonds is 6. The summed E-state index contributed by atoms with van der Waals surface area (Å²) in [6, 6.07) is 0.916. The maximum atomic E-state index is 5.25. The van der Waals surface area contributed by atoms with E-state index in [1.54, 1.807) is 7.11 Å². The molecule has 0 aromatic heterocycles. The van der Waals surface area contributed by atoms with Gasteiger partial charge in [-0.05, 0) is 25.7 Å². The molecule has 0 aromatic carbocycles. The summed E-state index contributed by atoms with van der Waals surface area (Å²) in [6.45, 7) is 2.93. The van der Waals surface area contributed by atoms with Gasteiger partial charge in [0.05, 0.1) is 6.61 Å². The summed E-state index contributed by atoms with van der Waals surface area (Å²) in [5.41, 5.74) is 0. The van der Waals surface area contributed by atoms with Crippen molar-refractivity contribution in [3.63, 3.8) is 0 Å². The molecule has 0 aromatic rings. The van der Waals surface area contributed by atoms with Gasteiger partial charge in [0.15, 0.2) is 0 Å². The standard InChI is InChI=1S/C11H19NO/c1-4-5-9(2)12-11(8-13-3)10-6-7-10/h1,9-12H,5-8H2,2-3H3. The van der Waals surface area contributed by atoms with Crippen LogP contribution in [0.2, 0.25) is 0 Å². The summed E-state index contributed by atoms with van der Waals surface area (Å²) in [4.78, 5) is 0. The Kier molecular flexibility index (Phi) is 4.27. The van der Waals surface area contributed by atoms with Crippen molar-refractivity contribution in [2.24, 2.45) is 5.92 Å². The number of methoxy groups -OCH3 is 1. The Balaban J connectivity index is 2.25. The quantitative estimate of drug-likeness (QED) is 0.626. The lowest BCUT2D eigenvalue weighted by atomic mass is 10.1. The minimum Gasteiger partial charge on any atom is -0.383 e. The summed E-state index contributed by atoms with van der Waals surface area (Å²) < 4.78 is 5.17. The van der Waals surface area contributed by atoms with Crippen LogP contribution in [0.3, 0.4) is 0 Å². The number of hydrogen-bond acceptors (Lipinski definition) is 2. The molecule has 2 heteroatoms. The van der Waals surface area contributed by atoms with Gasteiger partial charge in [0.25, 0.3) is 0 Å². The van der Waals surface area contributed by atoms with E-state index in [9.17, 15) is 0 Å². The maximum Gasteiger partial charge on any atom is 0.0618 e. The molecule has 0 saturated heterocycles. The Bertz CT molecular complexity index is 181. The maximum absolute atomic E-state index is 5.25. The van der Waals surface area contributed by atoms with E-state index in [2.05, 4.69) is 18.2 Å². The molecular weight excluding hydrogens is 162 g/mol. The Morgan fingerprint density at radius 2 is 2.31 bits per heavy atom. The van der Waals surface area contributed by atoms with E-state index in [0.717, 1.165) is 18.9 Å². The van der Waals surface area contributed by atoms with Crippen molar-refractivity contribution in [3.05, 3.63) is 0 Å². The number of nitrogens with one attached hydrogen (secondary N) is 1. The molecule has 0 heterocycles. The molecule has 1 fully saturated rings. The van der Waals surface area contributed by atoms with Crippen molar-refractivity contribution >= 4 is 0 Å². The Morgan fingerprint density at radius 3 is 2.77 bits per heavy atom. The first kappa shape index (κ1) is 10.6. The fourth-order valence-corrected chi connectivity index (χ4v) is 1.60. The molecule has 0 amide bonds. The Labute approximate surface area is 81.0 Å². The Hall–Kier alpha value is -0.520. The molecule has 13 heavy (non-hydrogen) atoms. The molecule has 0 aliphatic heterocycles. The van der Waals surface area contributed by atoms with Crippen LogP contribution in [0.25, 0.3) is 0 Å². The molecule has 2 unspecified atom stereocenters. The zero-order chi connectivity index (χ0) is 9.68. The van der Waals surface area contributed by atoms with E-state index in [1.165, 1.54) is 12.8 Å². The van der Waals surface area contributed by atoms with Crippen LogP contribution >= 0.6 is 0 Å². The SMILES string of the molecule is C#CCC(C)NC(COC)C1CC1. The molecule has 1 aliphatic carbocycles. The monoisotopic (exact) mass is 181 g/mol. The van der Waals surface area contributed by atoms with Crippen LogP contribution in [0.5, 0.6) is 0 Å². The van der Waals surface area contributed by atoms with Crippen molar-refractivity contribution in [1.82, 2.24) is 5.32 Å². The fourth-order valence-electron chi connectivity index (χ4n) is 1.60. The molecule has 2 atom stereocenters. The van der Waals surface area contributed by atoms with Crippen LogP contribution in [0.15, 0.2) is 0 Å². The van der Waals surface area contributed by atoms with Gasteiger partial charge in [-0.3, -0.25) is 0 Å². The van der Waals surface area contributed by atoms with Crippen molar-refractivity contribution in [3.8, 4) is 12.3 Å². The average molecular weight is 181 g/mol. The first-order valence-corrected chi connectivity index (χ1v) is 4.96. The fraction of sp³-hybridized carbons (Fsp3) is 0.818. The highest BCUT2D eigenvalue weighted by molar-refractivity contribution is 4.92. The van der Waals surface area contributed by atoms with Gasteiger partial charge in [-0.1, -0.05) is 0 Å². The highest BCUT2D eigenvalue weighted by Crippen LogP contribution is 2.32. The highest BCUT2D eigenvalue weighted by atomic mass is 16.5. The second-order valence-electron chi connectivity index (χ2n) is 3.88. The normalized spacial score (nSPS) is 20.7. The van der Waals surface area contributed by atoms with Crippen LogP contribution in [-0.4, -0.2) is 25.8 Å². The van der Waals surface area contributed by atoms with Crippen LogP contribution < -0.4 is 5.32 Å². The molecule has 0 spiro atoms. The predicted molar refractivity (Wildman–Crippen MR) is 54.4 cm³/mol. The summed E-state index contributed by atoms with van der Waals surface area (Å²) in [5.74, 6) is 3.49. The molecule has 1 saturated carbocycles. The summed E-state index contributed by atoms with van der Waals surface area (Å²) in [6.07, 6.45) is 8.72. The Morgan fingerprint density at radius 1 is 1.62 bits per heavy atom. The van der Waals surface area contributed by atoms with Gasteiger partial charge >= 0.3 is 0 Å². The molecule has 1 aliphatic rings. The third-order valence-electron chi connectivity index (χ3n) is 2.46. The van der Waals surface area contributed by atoms with E-state index in [-0.39, 0.29) is 0 Å². The van der Waals surface area contributed by atoms with Crippen LogP contribution in [0, 0.1) is 18.3 Å². The van der Waals surface area contributed by atoms with Crippen LogP contribution in [0.4, 0.5) is 0 Å². The summed E-state index contributed by atoms with van der Waals surface area (Å²) in [7, 11) is 1.75. The van der Waals surface area contributed by atoms with Gasteiger partial charge in [-0.15, -0.1) is 12.3 Å².